The van der Waals surface area contributed by atoms with Crippen LogP contribution in [0.2, 0.25) is 0 Å². The Morgan fingerprint density at radius 2 is 2.11 bits per heavy atom. The standard InChI is InChI=1S/C10H13N5O2S/c1-7-5-10(15(2)13-7)14-18(16,17)8-3-4-12-9(11)6-8/h3-6,14H,1-2H3,(H2,11,12). The molecule has 0 aliphatic heterocycles. The summed E-state index contributed by atoms with van der Waals surface area (Å²) in [6, 6.07) is 4.32. The van der Waals surface area contributed by atoms with E-state index in [0.717, 1.165) is 5.69 Å². The minimum atomic E-state index is -3.68. The van der Waals surface area contributed by atoms with E-state index in [1.165, 1.54) is 23.0 Å². The molecule has 0 radical (unpaired) electrons. The van der Waals surface area contributed by atoms with E-state index in [2.05, 4.69) is 14.8 Å². The molecule has 0 spiro atoms. The third kappa shape index (κ3) is 2.43. The second-order valence-electron chi connectivity index (χ2n) is 3.82. The third-order valence-corrected chi connectivity index (χ3v) is 3.66. The summed E-state index contributed by atoms with van der Waals surface area (Å²) in [5.74, 6) is 0.543. The zero-order chi connectivity index (χ0) is 13.3. The summed E-state index contributed by atoms with van der Waals surface area (Å²) in [6.45, 7) is 1.78. The van der Waals surface area contributed by atoms with Gasteiger partial charge in [-0.2, -0.15) is 5.10 Å². The quantitative estimate of drug-likeness (QED) is 0.843. The Kier molecular flexibility index (Phi) is 2.95. The average molecular weight is 267 g/mol. The summed E-state index contributed by atoms with van der Waals surface area (Å²) in [6.07, 6.45) is 1.35. The van der Waals surface area contributed by atoms with Crippen LogP contribution < -0.4 is 10.5 Å². The maximum absolute atomic E-state index is 12.1. The van der Waals surface area contributed by atoms with Crippen molar-refractivity contribution in [1.29, 1.82) is 0 Å². The Morgan fingerprint density at radius 1 is 1.39 bits per heavy atom. The molecule has 3 N–H and O–H groups in total. The Bertz CT molecular complexity index is 677. The Balaban J connectivity index is 2.36. The first-order chi connectivity index (χ1) is 8.38. The lowest BCUT2D eigenvalue weighted by Gasteiger charge is -2.07. The van der Waals surface area contributed by atoms with E-state index in [4.69, 9.17) is 5.73 Å². The van der Waals surface area contributed by atoms with Crippen LogP contribution >= 0.6 is 0 Å². The lowest BCUT2D eigenvalue weighted by Crippen LogP contribution is -2.15. The molecule has 8 heteroatoms. The summed E-state index contributed by atoms with van der Waals surface area (Å²) in [4.78, 5) is 3.81. The molecule has 2 rings (SSSR count). The van der Waals surface area contributed by atoms with E-state index in [1.54, 1.807) is 20.0 Å². The van der Waals surface area contributed by atoms with Crippen molar-refractivity contribution in [1.82, 2.24) is 14.8 Å². The second kappa shape index (κ2) is 4.30. The monoisotopic (exact) mass is 267 g/mol. The first-order valence-electron chi connectivity index (χ1n) is 5.13. The highest BCUT2D eigenvalue weighted by atomic mass is 32.2. The summed E-state index contributed by atoms with van der Waals surface area (Å²) >= 11 is 0. The van der Waals surface area contributed by atoms with Crippen LogP contribution in [0.1, 0.15) is 5.69 Å². The maximum Gasteiger partial charge on any atom is 0.263 e. The molecule has 0 aliphatic carbocycles. The Hall–Kier alpha value is -2.09. The zero-order valence-corrected chi connectivity index (χ0v) is 10.8. The highest BCUT2D eigenvalue weighted by molar-refractivity contribution is 7.92. The summed E-state index contributed by atoms with van der Waals surface area (Å²) in [5.41, 5.74) is 6.19. The van der Waals surface area contributed by atoms with Crippen LogP contribution in [0.4, 0.5) is 11.6 Å². The molecule has 2 heterocycles. The zero-order valence-electron chi connectivity index (χ0n) is 9.95. The van der Waals surface area contributed by atoms with Crippen molar-refractivity contribution in [3.63, 3.8) is 0 Å². The van der Waals surface area contributed by atoms with Gasteiger partial charge in [0.25, 0.3) is 10.0 Å². The number of anilines is 2. The maximum atomic E-state index is 12.1. The fourth-order valence-electron chi connectivity index (χ4n) is 1.50. The molecule has 96 valence electrons. The summed E-state index contributed by atoms with van der Waals surface area (Å²) < 4.78 is 28.1. The normalized spacial score (nSPS) is 11.4. The number of nitrogen functional groups attached to an aromatic ring is 1. The number of rotatable bonds is 3. The number of aromatic nitrogens is 3. The topological polar surface area (TPSA) is 103 Å². The van der Waals surface area contributed by atoms with E-state index < -0.39 is 10.0 Å². The first kappa shape index (κ1) is 12.4. The van der Waals surface area contributed by atoms with Crippen LogP contribution in [0.3, 0.4) is 0 Å². The van der Waals surface area contributed by atoms with E-state index in [-0.39, 0.29) is 10.7 Å². The molecule has 0 unspecified atom stereocenters. The van der Waals surface area contributed by atoms with Crippen LogP contribution in [0.5, 0.6) is 0 Å². The average Bonchev–Trinajstić information content (AvgIpc) is 2.56. The van der Waals surface area contributed by atoms with E-state index >= 15 is 0 Å². The van der Waals surface area contributed by atoms with Gasteiger partial charge in [0.1, 0.15) is 11.6 Å². The number of pyridine rings is 1. The van der Waals surface area contributed by atoms with Gasteiger partial charge in [-0.05, 0) is 13.0 Å². The Morgan fingerprint density at radius 3 is 2.67 bits per heavy atom. The highest BCUT2D eigenvalue weighted by Gasteiger charge is 2.16. The fraction of sp³-hybridized carbons (Fsp3) is 0.200. The summed E-state index contributed by atoms with van der Waals surface area (Å²) in [5, 5.41) is 4.06. The largest absolute Gasteiger partial charge is 0.384 e. The third-order valence-electron chi connectivity index (χ3n) is 2.30. The van der Waals surface area contributed by atoms with Gasteiger partial charge in [0.05, 0.1) is 10.6 Å². The molecule has 0 aliphatic rings. The molecule has 0 saturated carbocycles. The second-order valence-corrected chi connectivity index (χ2v) is 5.50. The van der Waals surface area contributed by atoms with E-state index in [9.17, 15) is 8.42 Å². The minimum Gasteiger partial charge on any atom is -0.384 e. The fourth-order valence-corrected chi connectivity index (χ4v) is 2.60. The molecule has 0 amide bonds. The lowest BCUT2D eigenvalue weighted by molar-refractivity contribution is 0.600. The van der Waals surface area contributed by atoms with Crippen LogP contribution in [-0.4, -0.2) is 23.2 Å². The minimum absolute atomic E-state index is 0.0638. The predicted molar refractivity (Wildman–Crippen MR) is 67.4 cm³/mol. The van der Waals surface area contributed by atoms with Crippen molar-refractivity contribution in [2.45, 2.75) is 11.8 Å². The van der Waals surface area contributed by atoms with Gasteiger partial charge in [-0.1, -0.05) is 0 Å². The van der Waals surface area contributed by atoms with Crippen LogP contribution in [0.25, 0.3) is 0 Å². The van der Waals surface area contributed by atoms with Crippen LogP contribution in [-0.2, 0) is 17.1 Å². The van der Waals surface area contributed by atoms with Crippen LogP contribution in [0, 0.1) is 6.92 Å². The van der Waals surface area contributed by atoms with E-state index in [1.807, 2.05) is 0 Å². The van der Waals surface area contributed by atoms with Crippen molar-refractivity contribution >= 4 is 21.7 Å². The van der Waals surface area contributed by atoms with Gasteiger partial charge in [0.15, 0.2) is 0 Å². The molecule has 2 aromatic heterocycles. The van der Waals surface area contributed by atoms with Gasteiger partial charge < -0.3 is 5.73 Å². The smallest absolute Gasteiger partial charge is 0.263 e. The molecule has 0 fully saturated rings. The number of hydrogen-bond donors (Lipinski definition) is 2. The van der Waals surface area contributed by atoms with Gasteiger partial charge in [0, 0.05) is 25.4 Å². The number of hydrogen-bond acceptors (Lipinski definition) is 5. The lowest BCUT2D eigenvalue weighted by atomic mass is 10.5. The summed E-state index contributed by atoms with van der Waals surface area (Å²) in [7, 11) is -2.02. The number of aryl methyl sites for hydroxylation is 2. The van der Waals surface area contributed by atoms with Gasteiger partial charge in [-0.3, -0.25) is 9.40 Å². The number of sulfonamides is 1. The molecule has 2 aromatic rings. The number of nitrogens with two attached hydrogens (primary N) is 1. The number of nitrogens with zero attached hydrogens (tertiary/aromatic N) is 3. The SMILES string of the molecule is Cc1cc(NS(=O)(=O)c2ccnc(N)c2)n(C)n1. The molecule has 0 atom stereocenters. The van der Waals surface area contributed by atoms with Crippen molar-refractivity contribution < 1.29 is 8.42 Å². The molecular formula is C10H13N5O2S. The number of nitrogens with one attached hydrogen (secondary N) is 1. The van der Waals surface area contributed by atoms with Crippen molar-refractivity contribution in [3.8, 4) is 0 Å². The molecule has 0 saturated heterocycles. The molecule has 7 nitrogen and oxygen atoms in total. The Labute approximate surface area is 105 Å². The molecule has 0 aromatic carbocycles. The molecular weight excluding hydrogens is 254 g/mol. The predicted octanol–water partition coefficient (Wildman–Crippen LogP) is 0.507. The van der Waals surface area contributed by atoms with Crippen molar-refractivity contribution in [3.05, 3.63) is 30.1 Å². The first-order valence-corrected chi connectivity index (χ1v) is 6.62. The molecule has 18 heavy (non-hydrogen) atoms. The van der Waals surface area contributed by atoms with Crippen molar-refractivity contribution in [2.24, 2.45) is 7.05 Å². The van der Waals surface area contributed by atoms with Gasteiger partial charge in [-0.25, -0.2) is 13.4 Å². The van der Waals surface area contributed by atoms with Gasteiger partial charge in [-0.15, -0.1) is 0 Å². The van der Waals surface area contributed by atoms with Gasteiger partial charge in [0.2, 0.25) is 0 Å². The van der Waals surface area contributed by atoms with Crippen LogP contribution in [0.15, 0.2) is 29.3 Å². The molecule has 0 bridgehead atoms. The van der Waals surface area contributed by atoms with Gasteiger partial charge >= 0.3 is 0 Å². The van der Waals surface area contributed by atoms with Crippen molar-refractivity contribution in [2.75, 3.05) is 10.5 Å². The highest BCUT2D eigenvalue weighted by Crippen LogP contribution is 2.16. The van der Waals surface area contributed by atoms with E-state index in [0.29, 0.717) is 5.82 Å².